The van der Waals surface area contributed by atoms with Crippen molar-refractivity contribution in [3.63, 3.8) is 0 Å². The van der Waals surface area contributed by atoms with Crippen LogP contribution in [0.4, 0.5) is 0 Å². The van der Waals surface area contributed by atoms with Crippen molar-refractivity contribution in [2.24, 2.45) is 0 Å². The number of hydrogen-bond donors (Lipinski definition) is 0. The van der Waals surface area contributed by atoms with Crippen LogP contribution >= 0.6 is 0 Å². The van der Waals surface area contributed by atoms with Gasteiger partial charge in [0.05, 0.1) is 12.7 Å². The number of hydrogen-bond acceptors (Lipinski definition) is 4. The van der Waals surface area contributed by atoms with Crippen LogP contribution in [-0.2, 0) is 9.47 Å². The molecule has 0 heterocycles. The van der Waals surface area contributed by atoms with Crippen molar-refractivity contribution in [2.45, 2.75) is 6.92 Å². The summed E-state index contributed by atoms with van der Waals surface area (Å²) in [5.74, 6) is -0.509. The van der Waals surface area contributed by atoms with Crippen molar-refractivity contribution < 1.29 is 19.1 Å². The van der Waals surface area contributed by atoms with Crippen LogP contribution in [0.2, 0.25) is 0 Å². The van der Waals surface area contributed by atoms with Crippen LogP contribution in [-0.4, -0.2) is 32.6 Å². The average Bonchev–Trinajstić information content (AvgIpc) is 2.28. The Morgan fingerprint density at radius 3 is 2.44 bits per heavy atom. The standard InChI is InChI=1S/C12H14O4/c1-8-6-9(12(14)16-3)4-5-10(8)11(13)7-15-2/h4-6H,7H2,1-3H3. The van der Waals surface area contributed by atoms with E-state index in [2.05, 4.69) is 4.74 Å². The number of benzene rings is 1. The number of rotatable bonds is 4. The largest absolute Gasteiger partial charge is 0.465 e. The van der Waals surface area contributed by atoms with Crippen LogP contribution in [0.15, 0.2) is 18.2 Å². The van der Waals surface area contributed by atoms with Gasteiger partial charge in [0, 0.05) is 12.7 Å². The van der Waals surface area contributed by atoms with Gasteiger partial charge < -0.3 is 9.47 Å². The number of esters is 1. The van der Waals surface area contributed by atoms with Crippen LogP contribution in [0.1, 0.15) is 26.3 Å². The molecule has 0 N–H and O–H groups in total. The van der Waals surface area contributed by atoms with Crippen LogP contribution in [0, 0.1) is 6.92 Å². The van der Waals surface area contributed by atoms with Crippen LogP contribution in [0.3, 0.4) is 0 Å². The Balaban J connectivity index is 3.00. The number of methoxy groups -OCH3 is 2. The molecule has 86 valence electrons. The fourth-order valence-corrected chi connectivity index (χ4v) is 1.43. The third-order valence-electron chi connectivity index (χ3n) is 2.22. The van der Waals surface area contributed by atoms with E-state index in [0.717, 1.165) is 5.56 Å². The number of aryl methyl sites for hydroxylation is 1. The Kier molecular flexibility index (Phi) is 4.19. The van der Waals surface area contributed by atoms with Crippen molar-refractivity contribution in [3.05, 3.63) is 34.9 Å². The highest BCUT2D eigenvalue weighted by atomic mass is 16.5. The fraction of sp³-hybridized carbons (Fsp3) is 0.333. The summed E-state index contributed by atoms with van der Waals surface area (Å²) >= 11 is 0. The smallest absolute Gasteiger partial charge is 0.337 e. The van der Waals surface area contributed by atoms with Gasteiger partial charge in [0.25, 0.3) is 0 Å². The zero-order chi connectivity index (χ0) is 12.1. The van der Waals surface area contributed by atoms with Crippen LogP contribution < -0.4 is 0 Å². The van der Waals surface area contributed by atoms with Gasteiger partial charge in [-0.15, -0.1) is 0 Å². The summed E-state index contributed by atoms with van der Waals surface area (Å²) in [6, 6.07) is 4.82. The molecule has 0 fully saturated rings. The lowest BCUT2D eigenvalue weighted by atomic mass is 10.0. The molecule has 0 saturated carbocycles. The van der Waals surface area contributed by atoms with E-state index in [1.54, 1.807) is 25.1 Å². The number of Topliss-reactive ketones (excluding diaryl/α,β-unsaturated/α-hetero) is 1. The summed E-state index contributed by atoms with van der Waals surface area (Å²) in [7, 11) is 2.79. The summed E-state index contributed by atoms with van der Waals surface area (Å²) < 4.78 is 9.36. The molecule has 0 saturated heterocycles. The molecule has 0 aliphatic carbocycles. The van der Waals surface area contributed by atoms with Gasteiger partial charge in [-0.05, 0) is 24.6 Å². The highest BCUT2D eigenvalue weighted by Gasteiger charge is 2.12. The third kappa shape index (κ3) is 2.67. The van der Waals surface area contributed by atoms with Crippen molar-refractivity contribution in [1.82, 2.24) is 0 Å². The maximum absolute atomic E-state index is 11.6. The molecule has 1 aromatic rings. The molecule has 0 aromatic heterocycles. The summed E-state index contributed by atoms with van der Waals surface area (Å²) in [6.45, 7) is 1.81. The third-order valence-corrected chi connectivity index (χ3v) is 2.22. The quantitative estimate of drug-likeness (QED) is 0.573. The molecule has 0 amide bonds. The second-order valence-corrected chi connectivity index (χ2v) is 3.38. The highest BCUT2D eigenvalue weighted by Crippen LogP contribution is 2.12. The van der Waals surface area contributed by atoms with E-state index in [4.69, 9.17) is 4.74 Å². The molecule has 16 heavy (non-hydrogen) atoms. The second-order valence-electron chi connectivity index (χ2n) is 3.38. The molecule has 0 bridgehead atoms. The van der Waals surface area contributed by atoms with Gasteiger partial charge in [0.2, 0.25) is 0 Å². The van der Waals surface area contributed by atoms with E-state index in [0.29, 0.717) is 11.1 Å². The van der Waals surface area contributed by atoms with E-state index in [1.165, 1.54) is 14.2 Å². The van der Waals surface area contributed by atoms with E-state index in [1.807, 2.05) is 0 Å². The van der Waals surface area contributed by atoms with E-state index >= 15 is 0 Å². The van der Waals surface area contributed by atoms with Crippen molar-refractivity contribution in [3.8, 4) is 0 Å². The first-order valence-electron chi connectivity index (χ1n) is 4.81. The summed E-state index contributed by atoms with van der Waals surface area (Å²) in [4.78, 5) is 22.8. The molecule has 4 nitrogen and oxygen atoms in total. The summed E-state index contributed by atoms with van der Waals surface area (Å²) in [5.41, 5.74) is 1.74. The zero-order valence-corrected chi connectivity index (χ0v) is 9.57. The second kappa shape index (κ2) is 5.42. The Morgan fingerprint density at radius 2 is 1.94 bits per heavy atom. The van der Waals surface area contributed by atoms with Gasteiger partial charge in [0.1, 0.15) is 6.61 Å². The number of ketones is 1. The van der Waals surface area contributed by atoms with Crippen molar-refractivity contribution >= 4 is 11.8 Å². The van der Waals surface area contributed by atoms with E-state index < -0.39 is 5.97 Å². The molecule has 0 atom stereocenters. The van der Waals surface area contributed by atoms with E-state index in [9.17, 15) is 9.59 Å². The van der Waals surface area contributed by atoms with Gasteiger partial charge in [0.15, 0.2) is 5.78 Å². The highest BCUT2D eigenvalue weighted by molar-refractivity contribution is 5.99. The minimum absolute atomic E-state index is 0.0401. The fourth-order valence-electron chi connectivity index (χ4n) is 1.43. The average molecular weight is 222 g/mol. The molecule has 4 heteroatoms. The molecule has 0 aliphatic heterocycles. The zero-order valence-electron chi connectivity index (χ0n) is 9.57. The minimum atomic E-state index is -0.408. The molecule has 1 rings (SSSR count). The molecule has 0 unspecified atom stereocenters. The topological polar surface area (TPSA) is 52.6 Å². The van der Waals surface area contributed by atoms with Crippen LogP contribution in [0.25, 0.3) is 0 Å². The monoisotopic (exact) mass is 222 g/mol. The number of ether oxygens (including phenoxy) is 2. The lowest BCUT2D eigenvalue weighted by Gasteiger charge is -2.06. The first-order chi connectivity index (χ1) is 7.60. The normalized spacial score (nSPS) is 9.94. The Labute approximate surface area is 94.2 Å². The molecule has 0 spiro atoms. The van der Waals surface area contributed by atoms with Gasteiger partial charge in [-0.1, -0.05) is 6.07 Å². The maximum atomic E-state index is 11.6. The SMILES string of the molecule is COCC(=O)c1ccc(C(=O)OC)cc1C. The molecular formula is C12H14O4. The number of carbonyl (C=O) groups is 2. The van der Waals surface area contributed by atoms with Crippen molar-refractivity contribution in [1.29, 1.82) is 0 Å². The van der Waals surface area contributed by atoms with E-state index in [-0.39, 0.29) is 12.4 Å². The minimum Gasteiger partial charge on any atom is -0.465 e. The summed E-state index contributed by atoms with van der Waals surface area (Å²) in [5, 5.41) is 0. The summed E-state index contributed by atoms with van der Waals surface area (Å²) in [6.07, 6.45) is 0. The lowest BCUT2D eigenvalue weighted by molar-refractivity contribution is 0.0600. The lowest BCUT2D eigenvalue weighted by Crippen LogP contribution is -2.10. The molecule has 0 radical (unpaired) electrons. The van der Waals surface area contributed by atoms with Crippen LogP contribution in [0.5, 0.6) is 0 Å². The number of carbonyl (C=O) groups excluding carboxylic acids is 2. The molecule has 1 aromatic carbocycles. The predicted octanol–water partition coefficient (Wildman–Crippen LogP) is 1.61. The first kappa shape index (κ1) is 12.4. The maximum Gasteiger partial charge on any atom is 0.337 e. The van der Waals surface area contributed by atoms with Gasteiger partial charge in [-0.2, -0.15) is 0 Å². The van der Waals surface area contributed by atoms with Gasteiger partial charge >= 0.3 is 5.97 Å². The first-order valence-corrected chi connectivity index (χ1v) is 4.81. The Hall–Kier alpha value is -1.68. The molecular weight excluding hydrogens is 208 g/mol. The predicted molar refractivity (Wildman–Crippen MR) is 58.7 cm³/mol. The van der Waals surface area contributed by atoms with Gasteiger partial charge in [-0.3, -0.25) is 4.79 Å². The Bertz CT molecular complexity index is 409. The Morgan fingerprint density at radius 1 is 1.25 bits per heavy atom. The molecule has 0 aliphatic rings. The van der Waals surface area contributed by atoms with Gasteiger partial charge in [-0.25, -0.2) is 4.79 Å². The van der Waals surface area contributed by atoms with Crippen molar-refractivity contribution in [2.75, 3.05) is 20.8 Å².